The first-order valence-electron chi connectivity index (χ1n) is 7.37. The van der Waals surface area contributed by atoms with Crippen LogP contribution < -0.4 is 0 Å². The molecule has 0 aliphatic carbocycles. The Bertz CT molecular complexity index is 877. The van der Waals surface area contributed by atoms with Gasteiger partial charge in [-0.2, -0.15) is 5.10 Å². The highest BCUT2D eigenvalue weighted by atomic mass is 35.5. The fourth-order valence-corrected chi connectivity index (χ4v) is 2.88. The standard InChI is InChI=1S/C16H14ClF2N5O/c1-10(15-14(19)5-20-7-22-15)16(25,6-24-9-21-8-23-24)12-3-2-11(17)4-13(12)18/h2-5,7-10,25H,6H2,1H3. The predicted octanol–water partition coefficient (Wildman–Crippen LogP) is 2.69. The molecular weight excluding hydrogens is 352 g/mol. The summed E-state index contributed by atoms with van der Waals surface area (Å²) in [5, 5.41) is 15.5. The summed E-state index contributed by atoms with van der Waals surface area (Å²) in [6.07, 6.45) is 4.83. The van der Waals surface area contributed by atoms with Crippen LogP contribution in [0.25, 0.3) is 0 Å². The van der Waals surface area contributed by atoms with Gasteiger partial charge in [-0.25, -0.2) is 28.4 Å². The van der Waals surface area contributed by atoms with E-state index in [0.29, 0.717) is 0 Å². The molecule has 0 radical (unpaired) electrons. The van der Waals surface area contributed by atoms with Gasteiger partial charge in [0.05, 0.1) is 18.4 Å². The molecule has 1 aromatic carbocycles. The van der Waals surface area contributed by atoms with Crippen molar-refractivity contribution in [2.75, 3.05) is 0 Å². The van der Waals surface area contributed by atoms with Crippen molar-refractivity contribution >= 4 is 11.6 Å². The van der Waals surface area contributed by atoms with Crippen molar-refractivity contribution in [1.82, 2.24) is 24.7 Å². The molecule has 25 heavy (non-hydrogen) atoms. The van der Waals surface area contributed by atoms with Crippen LogP contribution in [0.4, 0.5) is 8.78 Å². The second kappa shape index (κ2) is 6.81. The molecule has 1 N–H and O–H groups in total. The normalized spacial score (nSPS) is 14.9. The largest absolute Gasteiger partial charge is 0.382 e. The zero-order chi connectivity index (χ0) is 18.0. The van der Waals surface area contributed by atoms with Gasteiger partial charge in [-0.05, 0) is 12.1 Å². The number of benzene rings is 1. The average molecular weight is 366 g/mol. The van der Waals surface area contributed by atoms with E-state index in [1.54, 1.807) is 6.92 Å². The zero-order valence-corrected chi connectivity index (χ0v) is 13.9. The van der Waals surface area contributed by atoms with Crippen molar-refractivity contribution in [3.8, 4) is 0 Å². The minimum absolute atomic E-state index is 0.0352. The summed E-state index contributed by atoms with van der Waals surface area (Å²) in [6, 6.07) is 3.91. The maximum atomic E-state index is 14.5. The van der Waals surface area contributed by atoms with Crippen LogP contribution in [-0.4, -0.2) is 29.8 Å². The lowest BCUT2D eigenvalue weighted by Crippen LogP contribution is -2.39. The molecule has 2 atom stereocenters. The molecule has 0 saturated carbocycles. The Morgan fingerprint density at radius 3 is 2.68 bits per heavy atom. The lowest BCUT2D eigenvalue weighted by molar-refractivity contribution is -0.0133. The first-order valence-corrected chi connectivity index (χ1v) is 7.75. The van der Waals surface area contributed by atoms with Gasteiger partial charge in [-0.1, -0.05) is 24.6 Å². The quantitative estimate of drug-likeness (QED) is 0.752. The van der Waals surface area contributed by atoms with Crippen LogP contribution in [0.15, 0.2) is 43.4 Å². The molecule has 0 aliphatic rings. The van der Waals surface area contributed by atoms with E-state index < -0.39 is 23.2 Å². The Labute approximate surface area is 147 Å². The summed E-state index contributed by atoms with van der Waals surface area (Å²) in [6.45, 7) is 1.40. The molecule has 3 rings (SSSR count). The van der Waals surface area contributed by atoms with Gasteiger partial charge in [-0.15, -0.1) is 0 Å². The summed E-state index contributed by atoms with van der Waals surface area (Å²) in [5.41, 5.74) is -1.93. The highest BCUT2D eigenvalue weighted by Gasteiger charge is 2.41. The van der Waals surface area contributed by atoms with Crippen molar-refractivity contribution in [3.05, 3.63) is 71.3 Å². The van der Waals surface area contributed by atoms with Gasteiger partial charge >= 0.3 is 0 Å². The molecular formula is C16H14ClF2N5O. The SMILES string of the molecule is CC(c1ncncc1F)C(O)(Cn1cncn1)c1ccc(Cl)cc1F. The van der Waals surface area contributed by atoms with Crippen LogP contribution in [-0.2, 0) is 12.1 Å². The molecule has 0 fully saturated rings. The molecule has 6 nitrogen and oxygen atoms in total. The summed E-state index contributed by atoms with van der Waals surface area (Å²) in [5.74, 6) is -2.31. The molecule has 2 aromatic heterocycles. The first-order chi connectivity index (χ1) is 11.9. The highest BCUT2D eigenvalue weighted by molar-refractivity contribution is 6.30. The van der Waals surface area contributed by atoms with E-state index >= 15 is 0 Å². The van der Waals surface area contributed by atoms with Gasteiger partial charge in [0.1, 0.15) is 30.4 Å². The zero-order valence-electron chi connectivity index (χ0n) is 13.1. The van der Waals surface area contributed by atoms with Crippen molar-refractivity contribution in [2.24, 2.45) is 0 Å². The number of aliphatic hydroxyl groups is 1. The Morgan fingerprint density at radius 2 is 2.04 bits per heavy atom. The monoisotopic (exact) mass is 365 g/mol. The first kappa shape index (κ1) is 17.4. The summed E-state index contributed by atoms with van der Waals surface area (Å²) >= 11 is 5.80. The molecule has 2 heterocycles. The van der Waals surface area contributed by atoms with Crippen LogP contribution in [0.2, 0.25) is 5.02 Å². The van der Waals surface area contributed by atoms with Crippen molar-refractivity contribution in [1.29, 1.82) is 0 Å². The number of halogens is 3. The topological polar surface area (TPSA) is 76.7 Å². The van der Waals surface area contributed by atoms with Crippen LogP contribution in [0.3, 0.4) is 0 Å². The van der Waals surface area contributed by atoms with Crippen molar-refractivity contribution < 1.29 is 13.9 Å². The number of rotatable bonds is 5. The van der Waals surface area contributed by atoms with Gasteiger partial charge in [0, 0.05) is 16.5 Å². The van der Waals surface area contributed by atoms with E-state index in [2.05, 4.69) is 20.1 Å². The van der Waals surface area contributed by atoms with Gasteiger partial charge in [0.25, 0.3) is 0 Å². The van der Waals surface area contributed by atoms with E-state index in [0.717, 1.165) is 12.3 Å². The molecule has 0 saturated heterocycles. The maximum absolute atomic E-state index is 14.5. The third kappa shape index (κ3) is 3.35. The molecule has 0 aliphatic heterocycles. The second-order valence-electron chi connectivity index (χ2n) is 5.62. The molecule has 3 aromatic rings. The molecule has 2 unspecified atom stereocenters. The minimum atomic E-state index is -1.85. The molecule has 0 spiro atoms. The Morgan fingerprint density at radius 1 is 1.24 bits per heavy atom. The van der Waals surface area contributed by atoms with Gasteiger partial charge in [0.15, 0.2) is 5.82 Å². The number of nitrogens with zero attached hydrogens (tertiary/aromatic N) is 5. The van der Waals surface area contributed by atoms with Crippen molar-refractivity contribution in [3.63, 3.8) is 0 Å². The van der Waals surface area contributed by atoms with Crippen LogP contribution in [0.1, 0.15) is 24.1 Å². The van der Waals surface area contributed by atoms with Gasteiger partial charge in [-0.3, -0.25) is 0 Å². The van der Waals surface area contributed by atoms with E-state index in [4.69, 9.17) is 11.6 Å². The van der Waals surface area contributed by atoms with Crippen molar-refractivity contribution in [2.45, 2.75) is 25.0 Å². The summed E-state index contributed by atoms with van der Waals surface area (Å²) in [4.78, 5) is 11.3. The van der Waals surface area contributed by atoms with E-state index in [1.807, 2.05) is 0 Å². The van der Waals surface area contributed by atoms with Gasteiger partial charge < -0.3 is 5.11 Å². The lowest BCUT2D eigenvalue weighted by Gasteiger charge is -2.34. The van der Waals surface area contributed by atoms with Crippen LogP contribution >= 0.6 is 11.6 Å². The number of aromatic nitrogens is 5. The third-order valence-electron chi connectivity index (χ3n) is 4.09. The smallest absolute Gasteiger partial charge is 0.163 e. The van der Waals surface area contributed by atoms with Gasteiger partial charge in [0.2, 0.25) is 0 Å². The lowest BCUT2D eigenvalue weighted by atomic mass is 9.79. The second-order valence-corrected chi connectivity index (χ2v) is 6.06. The fourth-order valence-electron chi connectivity index (χ4n) is 2.72. The maximum Gasteiger partial charge on any atom is 0.163 e. The van der Waals surface area contributed by atoms with E-state index in [9.17, 15) is 13.9 Å². The molecule has 0 bridgehead atoms. The number of hydrogen-bond donors (Lipinski definition) is 1. The van der Waals surface area contributed by atoms with E-state index in [-0.39, 0.29) is 22.8 Å². The fraction of sp³-hybridized carbons (Fsp3) is 0.250. The molecule has 9 heteroatoms. The number of hydrogen-bond acceptors (Lipinski definition) is 5. The van der Waals surface area contributed by atoms with Crippen LogP contribution in [0, 0.1) is 11.6 Å². The predicted molar refractivity (Wildman–Crippen MR) is 85.7 cm³/mol. The molecule has 0 amide bonds. The van der Waals surface area contributed by atoms with Crippen LogP contribution in [0.5, 0.6) is 0 Å². The van der Waals surface area contributed by atoms with E-state index in [1.165, 1.54) is 35.8 Å². The average Bonchev–Trinajstić information content (AvgIpc) is 3.07. The Balaban J connectivity index is 2.13. The summed E-state index contributed by atoms with van der Waals surface area (Å²) < 4.78 is 30.0. The summed E-state index contributed by atoms with van der Waals surface area (Å²) in [7, 11) is 0. The minimum Gasteiger partial charge on any atom is -0.382 e. The Kier molecular flexibility index (Phi) is 4.73. The highest BCUT2D eigenvalue weighted by Crippen LogP contribution is 2.39. The Hall–Kier alpha value is -2.45. The third-order valence-corrected chi connectivity index (χ3v) is 4.32. The molecule has 130 valence electrons.